The summed E-state index contributed by atoms with van der Waals surface area (Å²) >= 11 is 18.5. The van der Waals surface area contributed by atoms with E-state index in [2.05, 4.69) is 10.4 Å². The number of aromatic nitrogens is 2. The second kappa shape index (κ2) is 9.09. The lowest BCUT2D eigenvalue weighted by Crippen LogP contribution is -2.13. The molecule has 4 aromatic rings. The van der Waals surface area contributed by atoms with E-state index in [0.29, 0.717) is 32.0 Å². The molecule has 1 aromatic heterocycles. The summed E-state index contributed by atoms with van der Waals surface area (Å²) in [6.07, 6.45) is -4.47. The molecule has 0 aliphatic rings. The maximum Gasteiger partial charge on any atom is 0.416 e. The Balaban J connectivity index is 1.72. The van der Waals surface area contributed by atoms with Crippen LogP contribution in [0, 0.1) is 0 Å². The third kappa shape index (κ3) is 5.16. The number of carbonyl (C=O) groups excluding carboxylic acids is 1. The summed E-state index contributed by atoms with van der Waals surface area (Å²) < 4.78 is 39.8. The van der Waals surface area contributed by atoms with E-state index in [9.17, 15) is 18.0 Å². The number of anilines is 1. The predicted molar refractivity (Wildman–Crippen MR) is 123 cm³/mol. The first-order chi connectivity index (χ1) is 15.6. The molecule has 1 amide bonds. The largest absolute Gasteiger partial charge is 0.416 e. The Morgan fingerprint density at radius 2 is 1.48 bits per heavy atom. The molecule has 0 radical (unpaired) electrons. The van der Waals surface area contributed by atoms with Gasteiger partial charge in [0, 0.05) is 21.3 Å². The Hall–Kier alpha value is -3.00. The Bertz CT molecular complexity index is 1320. The van der Waals surface area contributed by atoms with Gasteiger partial charge in [-0.1, -0.05) is 46.9 Å². The van der Waals surface area contributed by atoms with Crippen molar-refractivity contribution >= 4 is 46.4 Å². The number of amides is 1. The van der Waals surface area contributed by atoms with E-state index < -0.39 is 17.6 Å². The molecule has 0 fully saturated rings. The van der Waals surface area contributed by atoms with Crippen molar-refractivity contribution in [3.63, 3.8) is 0 Å². The quantitative estimate of drug-likeness (QED) is 0.305. The van der Waals surface area contributed by atoms with E-state index in [-0.39, 0.29) is 11.4 Å². The van der Waals surface area contributed by atoms with Gasteiger partial charge in [0.25, 0.3) is 5.91 Å². The molecule has 0 aliphatic heterocycles. The molecule has 1 heterocycles. The Kier molecular flexibility index (Phi) is 6.38. The summed E-state index contributed by atoms with van der Waals surface area (Å²) in [5.74, 6) is -0.609. The number of nitrogens with zero attached hydrogens (tertiary/aromatic N) is 2. The third-order valence-electron chi connectivity index (χ3n) is 4.69. The van der Waals surface area contributed by atoms with Crippen LogP contribution in [0.1, 0.15) is 16.1 Å². The van der Waals surface area contributed by atoms with Gasteiger partial charge in [-0.25, -0.2) is 4.68 Å². The zero-order valence-corrected chi connectivity index (χ0v) is 18.8. The number of hydrogen-bond acceptors (Lipinski definition) is 2. The fraction of sp³-hybridized carbons (Fsp3) is 0.0435. The molecule has 4 nitrogen and oxygen atoms in total. The van der Waals surface area contributed by atoms with Crippen LogP contribution in [0.4, 0.5) is 18.9 Å². The molecule has 10 heteroatoms. The van der Waals surface area contributed by atoms with Crippen LogP contribution >= 0.6 is 34.8 Å². The van der Waals surface area contributed by atoms with Crippen LogP contribution in [-0.4, -0.2) is 15.7 Å². The Morgan fingerprint density at radius 1 is 0.848 bits per heavy atom. The van der Waals surface area contributed by atoms with Gasteiger partial charge in [-0.15, -0.1) is 0 Å². The van der Waals surface area contributed by atoms with E-state index in [4.69, 9.17) is 34.8 Å². The maximum absolute atomic E-state index is 12.8. The monoisotopic (exact) mass is 509 g/mol. The molecule has 168 valence electrons. The highest BCUT2D eigenvalue weighted by Gasteiger charge is 2.30. The van der Waals surface area contributed by atoms with E-state index >= 15 is 0 Å². The summed E-state index contributed by atoms with van der Waals surface area (Å²) in [6, 6.07) is 17.4. The van der Waals surface area contributed by atoms with Crippen molar-refractivity contribution in [3.8, 4) is 16.9 Å². The fourth-order valence-corrected chi connectivity index (χ4v) is 3.58. The summed E-state index contributed by atoms with van der Waals surface area (Å²) in [5, 5.41) is 8.24. The first kappa shape index (κ1) is 23.2. The second-order valence-electron chi connectivity index (χ2n) is 6.96. The molecule has 0 bridgehead atoms. The smallest absolute Gasteiger partial charge is 0.321 e. The molecule has 0 saturated heterocycles. The molecule has 33 heavy (non-hydrogen) atoms. The molecule has 1 N–H and O–H groups in total. The number of alkyl halides is 3. The van der Waals surface area contributed by atoms with Gasteiger partial charge in [0.1, 0.15) is 0 Å². The highest BCUT2D eigenvalue weighted by molar-refractivity contribution is 6.34. The molecule has 0 saturated carbocycles. The van der Waals surface area contributed by atoms with E-state index in [1.54, 1.807) is 48.5 Å². The van der Waals surface area contributed by atoms with E-state index in [1.807, 2.05) is 0 Å². The van der Waals surface area contributed by atoms with Crippen molar-refractivity contribution in [2.75, 3.05) is 5.32 Å². The Morgan fingerprint density at radius 3 is 2.12 bits per heavy atom. The van der Waals surface area contributed by atoms with Gasteiger partial charge in [-0.05, 0) is 60.7 Å². The van der Waals surface area contributed by atoms with Crippen LogP contribution < -0.4 is 5.32 Å². The van der Waals surface area contributed by atoms with Gasteiger partial charge < -0.3 is 5.32 Å². The number of benzene rings is 3. The van der Waals surface area contributed by atoms with Crippen LogP contribution in [0.15, 0.2) is 72.8 Å². The molecular formula is C23H13Cl3F3N3O. The van der Waals surface area contributed by atoms with Crippen molar-refractivity contribution in [1.29, 1.82) is 0 Å². The molecule has 0 aliphatic carbocycles. The predicted octanol–water partition coefficient (Wildman–Crippen LogP) is 7.77. The first-order valence-corrected chi connectivity index (χ1v) is 10.6. The summed E-state index contributed by atoms with van der Waals surface area (Å²) in [5.41, 5.74) is 1.09. The highest BCUT2D eigenvalue weighted by Crippen LogP contribution is 2.32. The second-order valence-corrected chi connectivity index (χ2v) is 8.24. The van der Waals surface area contributed by atoms with Crippen molar-refractivity contribution in [1.82, 2.24) is 9.78 Å². The lowest BCUT2D eigenvalue weighted by molar-refractivity contribution is -0.137. The van der Waals surface area contributed by atoms with Gasteiger partial charge in [0.2, 0.25) is 0 Å². The lowest BCUT2D eigenvalue weighted by Gasteiger charge is -2.10. The summed E-state index contributed by atoms with van der Waals surface area (Å²) in [7, 11) is 0. The van der Waals surface area contributed by atoms with Crippen LogP contribution in [0.2, 0.25) is 15.1 Å². The molecule has 0 spiro atoms. The van der Waals surface area contributed by atoms with Crippen LogP contribution in [0.25, 0.3) is 16.9 Å². The number of rotatable bonds is 4. The van der Waals surface area contributed by atoms with Crippen molar-refractivity contribution < 1.29 is 18.0 Å². The van der Waals surface area contributed by atoms with Gasteiger partial charge in [-0.2, -0.15) is 18.3 Å². The number of hydrogen-bond donors (Lipinski definition) is 1. The highest BCUT2D eigenvalue weighted by atomic mass is 35.5. The number of nitrogens with one attached hydrogen (secondary N) is 1. The Labute approximate surface area is 201 Å². The standard InChI is InChI=1S/C23H13Cl3F3N3O/c24-15-5-1-13(2-6-15)20-12-19(31-32(20)21-11-16(25)7-10-18(21)26)22(33)30-17-8-3-14(4-9-17)23(27,28)29/h1-12H,(H,30,33). The van der Waals surface area contributed by atoms with Crippen LogP contribution in [0.3, 0.4) is 0 Å². The van der Waals surface area contributed by atoms with Crippen LogP contribution in [-0.2, 0) is 6.18 Å². The molecule has 4 rings (SSSR count). The van der Waals surface area contributed by atoms with Crippen molar-refractivity contribution in [3.05, 3.63) is 99.1 Å². The van der Waals surface area contributed by atoms with Gasteiger partial charge in [-0.3, -0.25) is 4.79 Å². The first-order valence-electron chi connectivity index (χ1n) is 9.42. The molecular weight excluding hydrogens is 498 g/mol. The number of halogens is 6. The van der Waals surface area contributed by atoms with Crippen LogP contribution in [0.5, 0.6) is 0 Å². The van der Waals surface area contributed by atoms with Gasteiger partial charge in [0.05, 0.1) is 22.0 Å². The zero-order valence-electron chi connectivity index (χ0n) is 16.5. The normalized spacial score (nSPS) is 11.5. The maximum atomic E-state index is 12.8. The van der Waals surface area contributed by atoms with E-state index in [1.165, 1.54) is 16.8 Å². The zero-order chi connectivity index (χ0) is 23.8. The molecule has 0 atom stereocenters. The molecule has 0 unspecified atom stereocenters. The summed E-state index contributed by atoms with van der Waals surface area (Å²) in [6.45, 7) is 0. The number of carbonyl (C=O) groups is 1. The minimum Gasteiger partial charge on any atom is -0.321 e. The van der Waals surface area contributed by atoms with Gasteiger partial charge in [0.15, 0.2) is 5.69 Å². The summed E-state index contributed by atoms with van der Waals surface area (Å²) in [4.78, 5) is 12.8. The van der Waals surface area contributed by atoms with Crippen molar-refractivity contribution in [2.45, 2.75) is 6.18 Å². The minimum absolute atomic E-state index is 0.0240. The fourth-order valence-electron chi connectivity index (χ4n) is 3.09. The van der Waals surface area contributed by atoms with E-state index in [0.717, 1.165) is 12.1 Å². The van der Waals surface area contributed by atoms with Gasteiger partial charge >= 0.3 is 6.18 Å². The van der Waals surface area contributed by atoms with Crippen molar-refractivity contribution in [2.24, 2.45) is 0 Å². The average molecular weight is 511 g/mol. The lowest BCUT2D eigenvalue weighted by atomic mass is 10.1. The SMILES string of the molecule is O=C(Nc1ccc(C(F)(F)F)cc1)c1cc(-c2ccc(Cl)cc2)n(-c2cc(Cl)ccc2Cl)n1. The minimum atomic E-state index is -4.47. The average Bonchev–Trinajstić information content (AvgIpc) is 3.21. The molecule has 3 aromatic carbocycles. The third-order valence-corrected chi connectivity index (χ3v) is 5.50. The topological polar surface area (TPSA) is 46.9 Å².